The van der Waals surface area contributed by atoms with Crippen LogP contribution in [-0.4, -0.2) is 0 Å². The van der Waals surface area contributed by atoms with Gasteiger partial charge in [-0.15, -0.1) is 11.3 Å². The highest BCUT2D eigenvalue weighted by atomic mass is 32.1. The van der Waals surface area contributed by atoms with Crippen LogP contribution >= 0.6 is 11.3 Å². The number of hydrogen-bond acceptors (Lipinski definition) is 3. The lowest BCUT2D eigenvalue weighted by Crippen LogP contribution is -2.06. The Morgan fingerprint density at radius 3 is 2.56 bits per heavy atom. The van der Waals surface area contributed by atoms with E-state index in [1.807, 2.05) is 0 Å². The quantitative estimate of drug-likeness (QED) is 0.720. The first-order valence-electron chi connectivity index (χ1n) is 4.23. The fourth-order valence-electron chi connectivity index (χ4n) is 1.52. The molecule has 1 heterocycles. The van der Waals surface area contributed by atoms with Crippen LogP contribution in [0.25, 0.3) is 10.1 Å². The summed E-state index contributed by atoms with van der Waals surface area (Å²) in [6.45, 7) is 0. The lowest BCUT2D eigenvalue weighted by Gasteiger charge is -2.06. The van der Waals surface area contributed by atoms with Gasteiger partial charge in [0.15, 0.2) is 0 Å². The van der Waals surface area contributed by atoms with Crippen molar-refractivity contribution in [3.05, 3.63) is 28.6 Å². The van der Waals surface area contributed by atoms with E-state index in [1.54, 1.807) is 12.1 Å². The number of anilines is 1. The predicted octanol–water partition coefficient (Wildman–Crippen LogP) is 3.37. The van der Waals surface area contributed by atoms with Gasteiger partial charge in [-0.05, 0) is 12.1 Å². The average molecular weight is 242 g/mol. The molecule has 6 heteroatoms. The van der Waals surface area contributed by atoms with Crippen molar-refractivity contribution in [2.45, 2.75) is 6.18 Å². The summed E-state index contributed by atoms with van der Waals surface area (Å²) >= 11 is 0.804. The van der Waals surface area contributed by atoms with Crippen molar-refractivity contribution in [2.24, 2.45) is 0 Å². The standard InChI is InChI=1S/C10H5F3N2S/c11-10(12,13)9-7(4-14)16-6-3-1-2-5(15)8(6)9/h1-3H,15H2. The molecule has 0 amide bonds. The van der Waals surface area contributed by atoms with Crippen LogP contribution < -0.4 is 5.73 Å². The van der Waals surface area contributed by atoms with E-state index in [1.165, 1.54) is 12.1 Å². The van der Waals surface area contributed by atoms with E-state index >= 15 is 0 Å². The molecule has 0 saturated carbocycles. The monoisotopic (exact) mass is 242 g/mol. The summed E-state index contributed by atoms with van der Waals surface area (Å²) in [5.41, 5.74) is 4.64. The molecule has 0 saturated heterocycles. The van der Waals surface area contributed by atoms with E-state index in [0.717, 1.165) is 11.3 Å². The molecule has 1 aromatic carbocycles. The van der Waals surface area contributed by atoms with Crippen LogP contribution in [0.3, 0.4) is 0 Å². The summed E-state index contributed by atoms with van der Waals surface area (Å²) in [4.78, 5) is -0.347. The number of benzene rings is 1. The fraction of sp³-hybridized carbons (Fsp3) is 0.100. The normalized spacial score (nSPS) is 11.6. The summed E-state index contributed by atoms with van der Waals surface area (Å²) < 4.78 is 38.7. The van der Waals surface area contributed by atoms with Gasteiger partial charge in [0, 0.05) is 15.8 Å². The number of halogens is 3. The lowest BCUT2D eigenvalue weighted by atomic mass is 10.1. The number of nitrogens with zero attached hydrogens (tertiary/aromatic N) is 1. The molecule has 1 aromatic heterocycles. The third kappa shape index (κ3) is 1.49. The van der Waals surface area contributed by atoms with E-state index < -0.39 is 11.7 Å². The Morgan fingerprint density at radius 1 is 1.31 bits per heavy atom. The summed E-state index contributed by atoms with van der Waals surface area (Å²) in [7, 11) is 0. The topological polar surface area (TPSA) is 49.8 Å². The van der Waals surface area contributed by atoms with Crippen LogP contribution in [0.2, 0.25) is 0 Å². The second kappa shape index (κ2) is 3.39. The van der Waals surface area contributed by atoms with Crippen molar-refractivity contribution in [3.63, 3.8) is 0 Å². The molecule has 0 aliphatic heterocycles. The smallest absolute Gasteiger partial charge is 0.398 e. The number of nitrogen functional groups attached to an aromatic ring is 1. The van der Waals surface area contributed by atoms with Gasteiger partial charge in [0.1, 0.15) is 10.9 Å². The molecule has 0 spiro atoms. The number of thiophene rings is 1. The van der Waals surface area contributed by atoms with Crippen molar-refractivity contribution in [3.8, 4) is 6.07 Å². The molecule has 82 valence electrons. The van der Waals surface area contributed by atoms with Crippen molar-refractivity contribution < 1.29 is 13.2 Å². The Kier molecular flexibility index (Phi) is 2.28. The molecule has 0 aliphatic carbocycles. The van der Waals surface area contributed by atoms with Crippen molar-refractivity contribution in [1.82, 2.24) is 0 Å². The Labute approximate surface area is 92.7 Å². The molecule has 2 rings (SSSR count). The van der Waals surface area contributed by atoms with Crippen LogP contribution in [0, 0.1) is 11.3 Å². The highest BCUT2D eigenvalue weighted by Crippen LogP contribution is 2.43. The zero-order valence-electron chi connectivity index (χ0n) is 7.80. The minimum atomic E-state index is -4.56. The number of hydrogen-bond donors (Lipinski definition) is 1. The van der Waals surface area contributed by atoms with Gasteiger partial charge in [-0.3, -0.25) is 0 Å². The fourth-order valence-corrected chi connectivity index (χ4v) is 2.58. The van der Waals surface area contributed by atoms with Gasteiger partial charge in [0.2, 0.25) is 0 Å². The Hall–Kier alpha value is -1.74. The second-order valence-corrected chi connectivity index (χ2v) is 4.19. The van der Waals surface area contributed by atoms with Crippen molar-refractivity contribution >= 4 is 27.1 Å². The minimum Gasteiger partial charge on any atom is -0.398 e. The number of fused-ring (bicyclic) bond motifs is 1. The zero-order chi connectivity index (χ0) is 11.9. The molecular weight excluding hydrogens is 237 g/mol. The predicted molar refractivity (Wildman–Crippen MR) is 56.0 cm³/mol. The highest BCUT2D eigenvalue weighted by molar-refractivity contribution is 7.19. The number of nitrogens with two attached hydrogens (primary N) is 1. The van der Waals surface area contributed by atoms with E-state index in [4.69, 9.17) is 11.0 Å². The second-order valence-electron chi connectivity index (χ2n) is 3.14. The van der Waals surface area contributed by atoms with Crippen LogP contribution in [0.15, 0.2) is 18.2 Å². The zero-order valence-corrected chi connectivity index (χ0v) is 8.62. The number of nitriles is 1. The van der Waals surface area contributed by atoms with Gasteiger partial charge in [-0.2, -0.15) is 18.4 Å². The van der Waals surface area contributed by atoms with E-state index in [9.17, 15) is 13.2 Å². The Morgan fingerprint density at radius 2 is 2.00 bits per heavy atom. The highest BCUT2D eigenvalue weighted by Gasteiger charge is 2.38. The first-order valence-corrected chi connectivity index (χ1v) is 5.05. The molecule has 0 bridgehead atoms. The minimum absolute atomic E-state index is 0.0441. The first kappa shape index (κ1) is 10.8. The Balaban J connectivity index is 2.94. The maximum absolute atomic E-state index is 12.8. The van der Waals surface area contributed by atoms with Crippen LogP contribution in [0.4, 0.5) is 18.9 Å². The molecule has 2 aromatic rings. The summed E-state index contributed by atoms with van der Waals surface area (Å²) in [5.74, 6) is 0. The van der Waals surface area contributed by atoms with Crippen LogP contribution in [0.5, 0.6) is 0 Å². The maximum atomic E-state index is 12.8. The molecule has 2 N–H and O–H groups in total. The molecule has 0 fully saturated rings. The average Bonchev–Trinajstić information content (AvgIpc) is 2.57. The van der Waals surface area contributed by atoms with Gasteiger partial charge in [0.05, 0.1) is 5.56 Å². The van der Waals surface area contributed by atoms with Gasteiger partial charge >= 0.3 is 6.18 Å². The molecule has 0 aliphatic rings. The largest absolute Gasteiger partial charge is 0.419 e. The molecule has 0 radical (unpaired) electrons. The molecule has 0 unspecified atom stereocenters. The maximum Gasteiger partial charge on any atom is 0.419 e. The first-order chi connectivity index (χ1) is 7.45. The summed E-state index contributed by atoms with van der Waals surface area (Å²) in [5, 5.41) is 8.62. The molecular formula is C10H5F3N2S. The summed E-state index contributed by atoms with van der Waals surface area (Å²) in [6, 6.07) is 6.04. The van der Waals surface area contributed by atoms with E-state index in [-0.39, 0.29) is 16.0 Å². The third-order valence-electron chi connectivity index (χ3n) is 2.13. The van der Waals surface area contributed by atoms with Crippen LogP contribution in [-0.2, 0) is 6.18 Å². The molecule has 16 heavy (non-hydrogen) atoms. The van der Waals surface area contributed by atoms with Crippen molar-refractivity contribution in [2.75, 3.05) is 5.73 Å². The van der Waals surface area contributed by atoms with Gasteiger partial charge < -0.3 is 5.73 Å². The van der Waals surface area contributed by atoms with Crippen molar-refractivity contribution in [1.29, 1.82) is 5.26 Å². The third-order valence-corrected chi connectivity index (χ3v) is 3.19. The van der Waals surface area contributed by atoms with Crippen LogP contribution in [0.1, 0.15) is 10.4 Å². The lowest BCUT2D eigenvalue weighted by molar-refractivity contribution is -0.136. The molecule has 2 nitrogen and oxygen atoms in total. The summed E-state index contributed by atoms with van der Waals surface area (Å²) in [6.07, 6.45) is -4.56. The van der Waals surface area contributed by atoms with E-state index in [2.05, 4.69) is 0 Å². The van der Waals surface area contributed by atoms with Gasteiger partial charge in [-0.25, -0.2) is 0 Å². The molecule has 0 atom stereocenters. The van der Waals surface area contributed by atoms with E-state index in [0.29, 0.717) is 4.70 Å². The Bertz CT molecular complexity index is 592. The SMILES string of the molecule is N#Cc1sc2cccc(N)c2c1C(F)(F)F. The number of alkyl halides is 3. The van der Waals surface area contributed by atoms with Gasteiger partial charge in [-0.1, -0.05) is 6.07 Å². The number of rotatable bonds is 0. The van der Waals surface area contributed by atoms with Gasteiger partial charge in [0.25, 0.3) is 0 Å².